The molecule has 0 aromatic heterocycles. The highest BCUT2D eigenvalue weighted by molar-refractivity contribution is 5.95. The van der Waals surface area contributed by atoms with Gasteiger partial charge in [-0.2, -0.15) is 0 Å². The number of methoxy groups -OCH3 is 2. The van der Waals surface area contributed by atoms with Gasteiger partial charge in [0.25, 0.3) is 5.91 Å². The Kier molecular flexibility index (Phi) is 5.61. The third kappa shape index (κ3) is 4.25. The lowest BCUT2D eigenvalue weighted by Gasteiger charge is -2.32. The van der Waals surface area contributed by atoms with Crippen LogP contribution in [-0.2, 0) is 0 Å². The van der Waals surface area contributed by atoms with E-state index in [1.165, 1.54) is 12.1 Å². The van der Waals surface area contributed by atoms with Crippen molar-refractivity contribution in [2.45, 2.75) is 18.9 Å². The smallest absolute Gasteiger partial charge is 0.254 e. The van der Waals surface area contributed by atoms with Crippen molar-refractivity contribution in [3.63, 3.8) is 0 Å². The van der Waals surface area contributed by atoms with Gasteiger partial charge < -0.3 is 19.1 Å². The molecule has 2 aromatic carbocycles. The first kappa shape index (κ1) is 18.0. The van der Waals surface area contributed by atoms with E-state index in [0.717, 1.165) is 12.8 Å². The number of nitrogens with zero attached hydrogens (tertiary/aromatic N) is 1. The monoisotopic (exact) mass is 359 g/mol. The van der Waals surface area contributed by atoms with Crippen molar-refractivity contribution in [3.8, 4) is 17.2 Å². The average Bonchev–Trinajstić information content (AvgIpc) is 2.69. The second-order valence-electron chi connectivity index (χ2n) is 6.16. The summed E-state index contributed by atoms with van der Waals surface area (Å²) >= 11 is 0. The van der Waals surface area contributed by atoms with Gasteiger partial charge in [0.1, 0.15) is 29.2 Å². The largest absolute Gasteiger partial charge is 0.497 e. The van der Waals surface area contributed by atoms with Crippen LogP contribution in [0.3, 0.4) is 0 Å². The fourth-order valence-corrected chi connectivity index (χ4v) is 3.00. The Balaban J connectivity index is 1.60. The summed E-state index contributed by atoms with van der Waals surface area (Å²) in [6.45, 7) is 1.20. The van der Waals surface area contributed by atoms with Crippen LogP contribution in [0.4, 0.5) is 4.39 Å². The average molecular weight is 359 g/mol. The molecule has 0 atom stereocenters. The summed E-state index contributed by atoms with van der Waals surface area (Å²) in [5.41, 5.74) is 0.541. The molecule has 2 aromatic rings. The van der Waals surface area contributed by atoms with Gasteiger partial charge in [0, 0.05) is 37.6 Å². The zero-order valence-electron chi connectivity index (χ0n) is 14.9. The van der Waals surface area contributed by atoms with Gasteiger partial charge in [-0.1, -0.05) is 0 Å². The lowest BCUT2D eigenvalue weighted by Crippen LogP contribution is -2.41. The Morgan fingerprint density at radius 2 is 1.54 bits per heavy atom. The van der Waals surface area contributed by atoms with Crippen LogP contribution in [-0.4, -0.2) is 44.2 Å². The molecular formula is C20H22FNO4. The summed E-state index contributed by atoms with van der Waals surface area (Å²) in [6.07, 6.45) is 1.47. The van der Waals surface area contributed by atoms with Crippen LogP contribution >= 0.6 is 0 Å². The Morgan fingerprint density at radius 1 is 0.962 bits per heavy atom. The van der Waals surface area contributed by atoms with Crippen molar-refractivity contribution in [2.24, 2.45) is 0 Å². The molecule has 1 aliphatic rings. The van der Waals surface area contributed by atoms with E-state index in [9.17, 15) is 9.18 Å². The molecule has 0 N–H and O–H groups in total. The molecule has 1 aliphatic heterocycles. The molecular weight excluding hydrogens is 337 g/mol. The maximum Gasteiger partial charge on any atom is 0.254 e. The predicted octanol–water partition coefficient (Wildman–Crippen LogP) is 3.53. The Bertz CT molecular complexity index is 733. The summed E-state index contributed by atoms with van der Waals surface area (Å²) in [6, 6.07) is 11.2. The molecule has 1 heterocycles. The molecule has 0 aliphatic carbocycles. The van der Waals surface area contributed by atoms with Gasteiger partial charge in [0.15, 0.2) is 0 Å². The zero-order valence-corrected chi connectivity index (χ0v) is 14.9. The molecule has 138 valence electrons. The maximum absolute atomic E-state index is 13.0. The van der Waals surface area contributed by atoms with Crippen LogP contribution in [0.1, 0.15) is 23.2 Å². The number of benzene rings is 2. The van der Waals surface area contributed by atoms with Crippen LogP contribution in [0, 0.1) is 5.82 Å². The van der Waals surface area contributed by atoms with E-state index in [1.807, 2.05) is 0 Å². The minimum absolute atomic E-state index is 0.0179. The van der Waals surface area contributed by atoms with Gasteiger partial charge in [-0.05, 0) is 36.4 Å². The van der Waals surface area contributed by atoms with E-state index in [4.69, 9.17) is 14.2 Å². The highest BCUT2D eigenvalue weighted by atomic mass is 19.1. The first-order chi connectivity index (χ1) is 12.6. The van der Waals surface area contributed by atoms with Crippen LogP contribution in [0.5, 0.6) is 17.2 Å². The third-order valence-electron chi connectivity index (χ3n) is 4.44. The lowest BCUT2D eigenvalue weighted by molar-refractivity contribution is 0.0594. The summed E-state index contributed by atoms with van der Waals surface area (Å²) in [5.74, 6) is 1.48. The molecule has 0 radical (unpaired) electrons. The minimum atomic E-state index is -0.286. The number of hydrogen-bond donors (Lipinski definition) is 0. The van der Waals surface area contributed by atoms with E-state index < -0.39 is 0 Å². The van der Waals surface area contributed by atoms with Gasteiger partial charge in [-0.25, -0.2) is 4.39 Å². The lowest BCUT2D eigenvalue weighted by atomic mass is 10.1. The van der Waals surface area contributed by atoms with Crippen LogP contribution in [0.25, 0.3) is 0 Å². The standard InChI is InChI=1S/C20H22FNO4/c1-24-18-11-14(12-19(13-18)25-2)20(23)22-9-7-17(8-10-22)26-16-5-3-15(21)4-6-16/h3-6,11-13,17H,7-10H2,1-2H3. The van der Waals surface area contributed by atoms with E-state index in [0.29, 0.717) is 35.9 Å². The molecule has 6 heteroatoms. The van der Waals surface area contributed by atoms with Gasteiger partial charge >= 0.3 is 0 Å². The fourth-order valence-electron chi connectivity index (χ4n) is 3.00. The zero-order chi connectivity index (χ0) is 18.5. The summed E-state index contributed by atoms with van der Waals surface area (Å²) < 4.78 is 29.3. The second-order valence-corrected chi connectivity index (χ2v) is 6.16. The Labute approximate surface area is 152 Å². The molecule has 1 amide bonds. The number of amides is 1. The second kappa shape index (κ2) is 8.08. The van der Waals surface area contributed by atoms with Gasteiger partial charge in [0.2, 0.25) is 0 Å². The Hall–Kier alpha value is -2.76. The van der Waals surface area contributed by atoms with E-state index in [-0.39, 0.29) is 17.8 Å². The Morgan fingerprint density at radius 3 is 2.08 bits per heavy atom. The first-order valence-corrected chi connectivity index (χ1v) is 8.53. The SMILES string of the molecule is COc1cc(OC)cc(C(=O)N2CCC(Oc3ccc(F)cc3)CC2)c1. The first-order valence-electron chi connectivity index (χ1n) is 8.53. The molecule has 0 unspecified atom stereocenters. The summed E-state index contributed by atoms with van der Waals surface area (Å²) in [7, 11) is 3.11. The number of carbonyl (C=O) groups excluding carboxylic acids is 1. The molecule has 0 bridgehead atoms. The van der Waals surface area contributed by atoms with Crippen LogP contribution in [0.15, 0.2) is 42.5 Å². The molecule has 0 saturated carbocycles. The number of likely N-dealkylation sites (tertiary alicyclic amines) is 1. The van der Waals surface area contributed by atoms with Crippen LogP contribution in [0.2, 0.25) is 0 Å². The minimum Gasteiger partial charge on any atom is -0.497 e. The topological polar surface area (TPSA) is 48.0 Å². The van der Waals surface area contributed by atoms with E-state index >= 15 is 0 Å². The van der Waals surface area contributed by atoms with E-state index in [2.05, 4.69) is 0 Å². The number of piperidine rings is 1. The van der Waals surface area contributed by atoms with E-state index in [1.54, 1.807) is 49.5 Å². The fraction of sp³-hybridized carbons (Fsp3) is 0.350. The number of rotatable bonds is 5. The van der Waals surface area contributed by atoms with Crippen molar-refractivity contribution in [3.05, 3.63) is 53.8 Å². The van der Waals surface area contributed by atoms with Gasteiger partial charge in [0.05, 0.1) is 14.2 Å². The van der Waals surface area contributed by atoms with Crippen molar-refractivity contribution in [1.29, 1.82) is 0 Å². The number of hydrogen-bond acceptors (Lipinski definition) is 4. The molecule has 3 rings (SSSR count). The highest BCUT2D eigenvalue weighted by Gasteiger charge is 2.25. The number of halogens is 1. The van der Waals surface area contributed by atoms with Gasteiger partial charge in [-0.15, -0.1) is 0 Å². The predicted molar refractivity (Wildman–Crippen MR) is 95.5 cm³/mol. The van der Waals surface area contributed by atoms with Crippen molar-refractivity contribution >= 4 is 5.91 Å². The van der Waals surface area contributed by atoms with Crippen molar-refractivity contribution < 1.29 is 23.4 Å². The van der Waals surface area contributed by atoms with Crippen molar-refractivity contribution in [2.75, 3.05) is 27.3 Å². The van der Waals surface area contributed by atoms with Gasteiger partial charge in [-0.3, -0.25) is 4.79 Å². The number of ether oxygens (including phenoxy) is 3. The molecule has 0 spiro atoms. The van der Waals surface area contributed by atoms with Crippen molar-refractivity contribution in [1.82, 2.24) is 4.90 Å². The molecule has 5 nitrogen and oxygen atoms in total. The summed E-state index contributed by atoms with van der Waals surface area (Å²) in [4.78, 5) is 14.6. The van der Waals surface area contributed by atoms with Crippen LogP contribution < -0.4 is 14.2 Å². The molecule has 1 fully saturated rings. The quantitative estimate of drug-likeness (QED) is 0.819. The third-order valence-corrected chi connectivity index (χ3v) is 4.44. The maximum atomic E-state index is 13.0. The normalized spacial score (nSPS) is 14.8. The number of carbonyl (C=O) groups is 1. The summed E-state index contributed by atoms with van der Waals surface area (Å²) in [5, 5.41) is 0. The molecule has 26 heavy (non-hydrogen) atoms. The highest BCUT2D eigenvalue weighted by Crippen LogP contribution is 2.25. The molecule has 1 saturated heterocycles.